The largest absolute Gasteiger partial charge is 0.345 e. The molecule has 0 saturated carbocycles. The number of rotatable bonds is 3. The summed E-state index contributed by atoms with van der Waals surface area (Å²) in [5.74, 6) is -0.190. The third-order valence-corrected chi connectivity index (χ3v) is 4.20. The van der Waals surface area contributed by atoms with Gasteiger partial charge in [-0.3, -0.25) is 9.78 Å². The number of amides is 1. The van der Waals surface area contributed by atoms with Gasteiger partial charge in [0.15, 0.2) is 0 Å². The zero-order valence-corrected chi connectivity index (χ0v) is 14.1. The van der Waals surface area contributed by atoms with Gasteiger partial charge in [-0.05, 0) is 35.8 Å². The normalized spacial score (nSPS) is 14.2. The minimum atomic E-state index is -0.124. The minimum Gasteiger partial charge on any atom is -0.345 e. The molecule has 0 aromatic carbocycles. The molecular weight excluding hydrogens is 305 g/mol. The van der Waals surface area contributed by atoms with Gasteiger partial charge in [0.25, 0.3) is 5.91 Å². The van der Waals surface area contributed by atoms with Crippen LogP contribution < -0.4 is 0 Å². The summed E-state index contributed by atoms with van der Waals surface area (Å²) >= 11 is 0. The van der Waals surface area contributed by atoms with Gasteiger partial charge in [0.05, 0.1) is 0 Å². The summed E-state index contributed by atoms with van der Waals surface area (Å²) in [7, 11) is 5.34. The van der Waals surface area contributed by atoms with Crippen molar-refractivity contribution in [2.45, 2.75) is 12.8 Å². The van der Waals surface area contributed by atoms with Crippen LogP contribution in [0.4, 0.5) is 4.39 Å². The van der Waals surface area contributed by atoms with Crippen LogP contribution >= 0.6 is 0 Å². The topological polar surface area (TPSA) is 38.1 Å². The molecule has 0 atom stereocenters. The fourth-order valence-electron chi connectivity index (χ4n) is 2.99. The van der Waals surface area contributed by atoms with Crippen LogP contribution in [-0.2, 0) is 7.05 Å². The second-order valence-corrected chi connectivity index (χ2v) is 6.12. The molecular formula is C19H20FN3O. The van der Waals surface area contributed by atoms with Gasteiger partial charge in [-0.15, -0.1) is 0 Å². The highest BCUT2D eigenvalue weighted by Crippen LogP contribution is 2.37. The van der Waals surface area contributed by atoms with Gasteiger partial charge in [-0.25, -0.2) is 4.39 Å². The molecule has 0 radical (unpaired) electrons. The molecule has 1 aliphatic carbocycles. The molecule has 124 valence electrons. The Balaban J connectivity index is 2.24. The summed E-state index contributed by atoms with van der Waals surface area (Å²) in [6.45, 7) is 0. The summed E-state index contributed by atoms with van der Waals surface area (Å²) in [6, 6.07) is 3.84. The maximum Gasteiger partial charge on any atom is 0.270 e. The van der Waals surface area contributed by atoms with Crippen LogP contribution in [0.1, 0.15) is 28.9 Å². The van der Waals surface area contributed by atoms with Gasteiger partial charge in [0.2, 0.25) is 0 Å². The van der Waals surface area contributed by atoms with Crippen molar-refractivity contribution >= 4 is 11.5 Å². The van der Waals surface area contributed by atoms with E-state index in [1.807, 2.05) is 29.9 Å². The number of hydrogen-bond donors (Lipinski definition) is 0. The summed E-state index contributed by atoms with van der Waals surface area (Å²) in [5, 5.41) is 0. The molecule has 2 aromatic rings. The average Bonchev–Trinajstić information content (AvgIpc) is 2.93. The van der Waals surface area contributed by atoms with E-state index in [-0.39, 0.29) is 11.7 Å². The highest BCUT2D eigenvalue weighted by molar-refractivity contribution is 6.01. The van der Waals surface area contributed by atoms with Crippen LogP contribution in [0.25, 0.3) is 16.7 Å². The van der Waals surface area contributed by atoms with E-state index in [0.29, 0.717) is 18.5 Å². The lowest BCUT2D eigenvalue weighted by Crippen LogP contribution is -2.25. The number of pyridine rings is 1. The SMILES string of the molecule is CN(C)C(=O)c1c(C2=CC=C(F)CC2)c(-c2ccncc2)cn1C. The number of aryl methyl sites for hydroxylation is 1. The fraction of sp³-hybridized carbons (Fsp3) is 0.263. The lowest BCUT2D eigenvalue weighted by molar-refractivity contribution is 0.0818. The van der Waals surface area contributed by atoms with E-state index < -0.39 is 0 Å². The second kappa shape index (κ2) is 6.43. The molecule has 0 spiro atoms. The summed E-state index contributed by atoms with van der Waals surface area (Å²) in [5.41, 5.74) is 4.44. The molecule has 0 N–H and O–H groups in total. The Kier molecular flexibility index (Phi) is 4.34. The maximum absolute atomic E-state index is 13.4. The van der Waals surface area contributed by atoms with E-state index in [2.05, 4.69) is 4.98 Å². The van der Waals surface area contributed by atoms with E-state index in [1.165, 1.54) is 6.08 Å². The standard InChI is InChI=1S/C19H20FN3O/c1-22(2)19(24)18-17(14-4-6-15(20)7-5-14)16(12-23(18)3)13-8-10-21-11-9-13/h4,6,8-12H,5,7H2,1-3H3. The van der Waals surface area contributed by atoms with Crippen LogP contribution in [0.5, 0.6) is 0 Å². The Labute approximate surface area is 140 Å². The van der Waals surface area contributed by atoms with Crippen LogP contribution in [0, 0.1) is 0 Å². The third-order valence-electron chi connectivity index (χ3n) is 4.20. The van der Waals surface area contributed by atoms with E-state index in [1.54, 1.807) is 37.5 Å². The number of hydrogen-bond acceptors (Lipinski definition) is 2. The molecule has 5 heteroatoms. The fourth-order valence-corrected chi connectivity index (χ4v) is 2.99. The Morgan fingerprint density at radius 1 is 1.21 bits per heavy atom. The third kappa shape index (κ3) is 2.89. The van der Waals surface area contributed by atoms with Crippen LogP contribution in [0.2, 0.25) is 0 Å². The number of allylic oxidation sites excluding steroid dienone is 4. The molecule has 0 unspecified atom stereocenters. The lowest BCUT2D eigenvalue weighted by Gasteiger charge is -2.17. The molecule has 2 heterocycles. The van der Waals surface area contributed by atoms with E-state index >= 15 is 0 Å². The van der Waals surface area contributed by atoms with Gasteiger partial charge in [-0.1, -0.05) is 6.08 Å². The molecule has 0 saturated heterocycles. The highest BCUT2D eigenvalue weighted by Gasteiger charge is 2.25. The molecule has 0 bridgehead atoms. The van der Waals surface area contributed by atoms with Crippen molar-refractivity contribution in [1.29, 1.82) is 0 Å². The molecule has 0 fully saturated rings. The Bertz CT molecular complexity index is 832. The number of carbonyl (C=O) groups excluding carboxylic acids is 1. The van der Waals surface area contributed by atoms with Gasteiger partial charge in [0.1, 0.15) is 11.5 Å². The van der Waals surface area contributed by atoms with Crippen LogP contribution in [0.3, 0.4) is 0 Å². The molecule has 2 aromatic heterocycles. The van der Waals surface area contributed by atoms with Crippen molar-refractivity contribution < 1.29 is 9.18 Å². The minimum absolute atomic E-state index is 0.0660. The monoisotopic (exact) mass is 325 g/mol. The maximum atomic E-state index is 13.4. The van der Waals surface area contributed by atoms with Gasteiger partial charge in [0, 0.05) is 57.3 Å². The molecule has 3 rings (SSSR count). The number of aromatic nitrogens is 2. The molecule has 0 aliphatic heterocycles. The predicted octanol–water partition coefficient (Wildman–Crippen LogP) is 3.82. The number of nitrogens with zero attached hydrogens (tertiary/aromatic N) is 3. The highest BCUT2D eigenvalue weighted by atomic mass is 19.1. The average molecular weight is 325 g/mol. The molecule has 4 nitrogen and oxygen atoms in total. The first-order valence-corrected chi connectivity index (χ1v) is 7.86. The first-order chi connectivity index (χ1) is 11.5. The van der Waals surface area contributed by atoms with E-state index in [4.69, 9.17) is 0 Å². The van der Waals surface area contributed by atoms with Crippen LogP contribution in [0.15, 0.2) is 48.7 Å². The van der Waals surface area contributed by atoms with Crippen molar-refractivity contribution in [3.63, 3.8) is 0 Å². The smallest absolute Gasteiger partial charge is 0.270 e. The molecule has 24 heavy (non-hydrogen) atoms. The van der Waals surface area contributed by atoms with Crippen molar-refractivity contribution in [3.05, 3.63) is 60.0 Å². The van der Waals surface area contributed by atoms with Crippen molar-refractivity contribution in [2.24, 2.45) is 7.05 Å². The zero-order valence-electron chi connectivity index (χ0n) is 14.1. The van der Waals surface area contributed by atoms with Crippen molar-refractivity contribution in [1.82, 2.24) is 14.5 Å². The Hall–Kier alpha value is -2.69. The number of carbonyl (C=O) groups is 1. The Morgan fingerprint density at radius 3 is 2.50 bits per heavy atom. The summed E-state index contributed by atoms with van der Waals surface area (Å²) in [4.78, 5) is 18.3. The molecule has 1 aliphatic rings. The summed E-state index contributed by atoms with van der Waals surface area (Å²) < 4.78 is 15.3. The van der Waals surface area contributed by atoms with E-state index in [0.717, 1.165) is 22.3 Å². The number of halogens is 1. The van der Waals surface area contributed by atoms with Crippen molar-refractivity contribution in [3.8, 4) is 11.1 Å². The van der Waals surface area contributed by atoms with E-state index in [9.17, 15) is 9.18 Å². The molecule has 1 amide bonds. The second-order valence-electron chi connectivity index (χ2n) is 6.12. The first kappa shape index (κ1) is 16.2. The first-order valence-electron chi connectivity index (χ1n) is 7.86. The predicted molar refractivity (Wildman–Crippen MR) is 93.1 cm³/mol. The van der Waals surface area contributed by atoms with Gasteiger partial charge < -0.3 is 9.47 Å². The Morgan fingerprint density at radius 2 is 1.92 bits per heavy atom. The van der Waals surface area contributed by atoms with Gasteiger partial charge in [-0.2, -0.15) is 0 Å². The van der Waals surface area contributed by atoms with Gasteiger partial charge >= 0.3 is 0 Å². The lowest BCUT2D eigenvalue weighted by atomic mass is 9.91. The van der Waals surface area contributed by atoms with Crippen molar-refractivity contribution in [2.75, 3.05) is 14.1 Å². The van der Waals surface area contributed by atoms with Crippen LogP contribution in [-0.4, -0.2) is 34.5 Å². The quantitative estimate of drug-likeness (QED) is 0.860. The zero-order chi connectivity index (χ0) is 17.3. The summed E-state index contributed by atoms with van der Waals surface area (Å²) in [6.07, 6.45) is 9.64.